The summed E-state index contributed by atoms with van der Waals surface area (Å²) < 4.78 is 7.26. The van der Waals surface area contributed by atoms with E-state index in [9.17, 15) is 15.0 Å². The van der Waals surface area contributed by atoms with Gasteiger partial charge in [0.1, 0.15) is 18.0 Å². The van der Waals surface area contributed by atoms with Gasteiger partial charge in [-0.1, -0.05) is 37.3 Å². The number of aromatic nitrogens is 4. The van der Waals surface area contributed by atoms with Crippen molar-refractivity contribution in [3.8, 4) is 0 Å². The lowest BCUT2D eigenvalue weighted by molar-refractivity contribution is -0.137. The van der Waals surface area contributed by atoms with Crippen LogP contribution in [0.5, 0.6) is 0 Å². The van der Waals surface area contributed by atoms with Gasteiger partial charge in [-0.15, -0.1) is 0 Å². The molecule has 0 saturated carbocycles. The summed E-state index contributed by atoms with van der Waals surface area (Å²) in [5.41, 5.74) is 2.06. The van der Waals surface area contributed by atoms with Crippen LogP contribution in [0.2, 0.25) is 0 Å². The van der Waals surface area contributed by atoms with Crippen LogP contribution in [0.4, 0.5) is 5.82 Å². The molecule has 4 unspecified atom stereocenters. The van der Waals surface area contributed by atoms with Crippen LogP contribution in [0.1, 0.15) is 31.5 Å². The number of carbonyl (C=O) groups is 1. The summed E-state index contributed by atoms with van der Waals surface area (Å²) in [7, 11) is 0. The number of fused-ring (bicyclic) bond motifs is 1. The van der Waals surface area contributed by atoms with Crippen molar-refractivity contribution in [2.24, 2.45) is 0 Å². The van der Waals surface area contributed by atoms with Gasteiger partial charge in [0.15, 0.2) is 29.3 Å². The van der Waals surface area contributed by atoms with Gasteiger partial charge in [0.05, 0.1) is 6.33 Å². The van der Waals surface area contributed by atoms with E-state index in [4.69, 9.17) is 4.74 Å². The summed E-state index contributed by atoms with van der Waals surface area (Å²) in [5, 5.41) is 26.8. The largest absolute Gasteiger partial charge is 0.387 e. The molecular formula is C21H26N6O4. The molecule has 1 aliphatic heterocycles. The second kappa shape index (κ2) is 8.96. The number of anilines is 1. The van der Waals surface area contributed by atoms with Crippen LogP contribution in [-0.4, -0.2) is 60.5 Å². The number of hydrogen-bond acceptors (Lipinski definition) is 8. The number of nitrogens with zero attached hydrogens (tertiary/aromatic N) is 4. The number of nitrogens with one attached hydrogen (secondary N) is 2. The lowest BCUT2D eigenvalue weighted by atomic mass is 10.1. The third kappa shape index (κ3) is 4.09. The first-order valence-corrected chi connectivity index (χ1v) is 10.3. The Hall–Kier alpha value is -3.08. The van der Waals surface area contributed by atoms with Gasteiger partial charge in [0.25, 0.3) is 5.91 Å². The zero-order valence-corrected chi connectivity index (χ0v) is 17.4. The Morgan fingerprint density at radius 2 is 1.94 bits per heavy atom. The summed E-state index contributed by atoms with van der Waals surface area (Å²) in [6.07, 6.45) is -2.79. The molecule has 0 aliphatic carbocycles. The quantitative estimate of drug-likeness (QED) is 0.435. The molecule has 164 valence electrons. The second-order valence-corrected chi connectivity index (χ2v) is 7.33. The molecule has 3 aromatic rings. The van der Waals surface area contributed by atoms with E-state index in [0.29, 0.717) is 42.3 Å². The number of amides is 1. The van der Waals surface area contributed by atoms with E-state index in [1.807, 2.05) is 37.3 Å². The standard InChI is InChI=1S/C21H26N6O4/c1-3-13-25-18(23-10-12-8-6-5-7-9-12)14-19(26-13)27(11-24-14)21-16(29)15(28)17(31-21)20(30)22-4-2/h5-9,11,15-17,21,28-29H,3-4,10H2,1-2H3,(H,22,30)(H,23,25,26). The number of rotatable bonds is 7. The molecule has 3 heterocycles. The van der Waals surface area contributed by atoms with E-state index in [1.54, 1.807) is 6.92 Å². The van der Waals surface area contributed by atoms with E-state index >= 15 is 0 Å². The van der Waals surface area contributed by atoms with Crippen LogP contribution < -0.4 is 10.6 Å². The van der Waals surface area contributed by atoms with Crippen LogP contribution in [0.25, 0.3) is 11.2 Å². The predicted molar refractivity (Wildman–Crippen MR) is 113 cm³/mol. The first-order chi connectivity index (χ1) is 15.0. The Bertz CT molecular complexity index is 1060. The van der Waals surface area contributed by atoms with Gasteiger partial charge in [0, 0.05) is 19.5 Å². The fourth-order valence-electron chi connectivity index (χ4n) is 3.59. The zero-order chi connectivity index (χ0) is 22.0. The van der Waals surface area contributed by atoms with Crippen molar-refractivity contribution in [3.05, 3.63) is 48.0 Å². The maximum atomic E-state index is 12.2. The molecule has 0 radical (unpaired) electrons. The monoisotopic (exact) mass is 426 g/mol. The maximum Gasteiger partial charge on any atom is 0.252 e. The molecule has 0 bridgehead atoms. The highest BCUT2D eigenvalue weighted by atomic mass is 16.6. The van der Waals surface area contributed by atoms with Crippen LogP contribution in [-0.2, 0) is 22.5 Å². The third-order valence-electron chi connectivity index (χ3n) is 5.21. The minimum atomic E-state index is -1.36. The molecule has 4 rings (SSSR count). The first-order valence-electron chi connectivity index (χ1n) is 10.3. The SMILES string of the molecule is CCNC(=O)C1OC(n2cnc3c(NCc4ccccc4)nc(CC)nc32)C(O)C1O. The molecule has 1 amide bonds. The lowest BCUT2D eigenvalue weighted by Gasteiger charge is -2.17. The van der Waals surface area contributed by atoms with E-state index in [0.717, 1.165) is 5.56 Å². The molecule has 10 heteroatoms. The molecule has 0 spiro atoms. The molecule has 4 atom stereocenters. The molecule has 31 heavy (non-hydrogen) atoms. The van der Waals surface area contributed by atoms with E-state index in [-0.39, 0.29) is 0 Å². The Labute approximate surface area is 179 Å². The number of likely N-dealkylation sites (N-methyl/N-ethyl adjacent to an activating group) is 1. The number of hydrogen-bond donors (Lipinski definition) is 4. The zero-order valence-electron chi connectivity index (χ0n) is 17.4. The van der Waals surface area contributed by atoms with Gasteiger partial charge >= 0.3 is 0 Å². The number of benzene rings is 1. The molecule has 1 aliphatic rings. The van der Waals surface area contributed by atoms with Crippen LogP contribution >= 0.6 is 0 Å². The summed E-state index contributed by atoms with van der Waals surface area (Å²) in [6.45, 7) is 4.66. The molecule has 4 N–H and O–H groups in total. The minimum Gasteiger partial charge on any atom is -0.387 e. The summed E-state index contributed by atoms with van der Waals surface area (Å²) >= 11 is 0. The van der Waals surface area contributed by atoms with Gasteiger partial charge in [-0.25, -0.2) is 15.0 Å². The number of aliphatic hydroxyl groups is 2. The molecule has 1 aromatic carbocycles. The van der Waals surface area contributed by atoms with Crippen molar-refractivity contribution < 1.29 is 19.7 Å². The Balaban J connectivity index is 1.66. The van der Waals surface area contributed by atoms with Crippen LogP contribution in [0.15, 0.2) is 36.7 Å². The fraction of sp³-hybridized carbons (Fsp3) is 0.429. The van der Waals surface area contributed by atoms with Gasteiger partial charge in [-0.2, -0.15) is 0 Å². The van der Waals surface area contributed by atoms with E-state index < -0.39 is 30.4 Å². The highest BCUT2D eigenvalue weighted by molar-refractivity contribution is 5.84. The van der Waals surface area contributed by atoms with Crippen molar-refractivity contribution in [1.29, 1.82) is 0 Å². The van der Waals surface area contributed by atoms with Crippen LogP contribution in [0.3, 0.4) is 0 Å². The second-order valence-electron chi connectivity index (χ2n) is 7.33. The van der Waals surface area contributed by atoms with Gasteiger partial charge < -0.3 is 25.6 Å². The Morgan fingerprint density at radius 1 is 1.16 bits per heavy atom. The average molecular weight is 426 g/mol. The molecular weight excluding hydrogens is 400 g/mol. The Morgan fingerprint density at radius 3 is 2.65 bits per heavy atom. The normalized spacial score (nSPS) is 23.2. The van der Waals surface area contributed by atoms with Gasteiger partial charge in [-0.3, -0.25) is 9.36 Å². The number of aliphatic hydroxyl groups excluding tert-OH is 2. The summed E-state index contributed by atoms with van der Waals surface area (Å²) in [5.74, 6) is 0.686. The smallest absolute Gasteiger partial charge is 0.252 e. The van der Waals surface area contributed by atoms with Crippen molar-refractivity contribution >= 4 is 22.9 Å². The molecule has 1 fully saturated rings. The molecule has 2 aromatic heterocycles. The maximum absolute atomic E-state index is 12.2. The molecule has 10 nitrogen and oxygen atoms in total. The van der Waals surface area contributed by atoms with E-state index in [1.165, 1.54) is 10.9 Å². The highest BCUT2D eigenvalue weighted by Crippen LogP contribution is 2.32. The van der Waals surface area contributed by atoms with Crippen molar-refractivity contribution in [1.82, 2.24) is 24.8 Å². The number of imidazole rings is 1. The van der Waals surface area contributed by atoms with Gasteiger partial charge in [0.2, 0.25) is 0 Å². The minimum absolute atomic E-state index is 0.393. The average Bonchev–Trinajstić information content (AvgIpc) is 3.34. The summed E-state index contributed by atoms with van der Waals surface area (Å²) in [6, 6.07) is 9.91. The summed E-state index contributed by atoms with van der Waals surface area (Å²) in [4.78, 5) is 25.7. The predicted octanol–water partition coefficient (Wildman–Crippen LogP) is 0.756. The topological polar surface area (TPSA) is 134 Å². The Kier molecular flexibility index (Phi) is 6.12. The van der Waals surface area contributed by atoms with Crippen molar-refractivity contribution in [2.45, 2.75) is 51.4 Å². The van der Waals surface area contributed by atoms with Crippen molar-refractivity contribution in [2.75, 3.05) is 11.9 Å². The number of ether oxygens (including phenoxy) is 1. The van der Waals surface area contributed by atoms with E-state index in [2.05, 4.69) is 25.6 Å². The third-order valence-corrected chi connectivity index (χ3v) is 5.21. The van der Waals surface area contributed by atoms with Crippen LogP contribution in [0, 0.1) is 0 Å². The highest BCUT2D eigenvalue weighted by Gasteiger charge is 2.47. The van der Waals surface area contributed by atoms with Crippen molar-refractivity contribution in [3.63, 3.8) is 0 Å². The van der Waals surface area contributed by atoms with Gasteiger partial charge in [-0.05, 0) is 12.5 Å². The first kappa shape index (κ1) is 21.2. The number of aryl methyl sites for hydroxylation is 1. The molecule has 1 saturated heterocycles. The fourth-order valence-corrected chi connectivity index (χ4v) is 3.59. The number of carbonyl (C=O) groups excluding carboxylic acids is 1. The lowest BCUT2D eigenvalue weighted by Crippen LogP contribution is -2.42.